The van der Waals surface area contributed by atoms with Crippen LogP contribution >= 0.6 is 11.6 Å². The lowest BCUT2D eigenvalue weighted by atomic mass is 10.1. The van der Waals surface area contributed by atoms with E-state index >= 15 is 0 Å². The average molecular weight is 536 g/mol. The first-order chi connectivity index (χ1) is 19.0. The molecule has 0 atom stereocenters. The summed E-state index contributed by atoms with van der Waals surface area (Å²) in [4.78, 5) is 16.6. The highest BCUT2D eigenvalue weighted by Crippen LogP contribution is 2.33. The van der Waals surface area contributed by atoms with Crippen molar-refractivity contribution < 1.29 is 19.4 Å². The van der Waals surface area contributed by atoms with E-state index in [-0.39, 0.29) is 12.2 Å². The molecule has 0 aliphatic carbocycles. The zero-order valence-corrected chi connectivity index (χ0v) is 21.8. The molecule has 0 spiro atoms. The van der Waals surface area contributed by atoms with E-state index in [1.54, 1.807) is 24.3 Å². The molecule has 0 saturated heterocycles. The molecule has 0 saturated carbocycles. The molecule has 5 aromatic rings. The molecule has 1 aromatic heterocycles. The molecule has 4 aromatic carbocycles. The third kappa shape index (κ3) is 6.83. The minimum Gasteiger partial charge on any atom is -0.488 e. The molecule has 0 bridgehead atoms. The number of hydrogen-bond donors (Lipinski definition) is 1. The highest BCUT2D eigenvalue weighted by molar-refractivity contribution is 6.30. The molecule has 0 radical (unpaired) electrons. The van der Waals surface area contributed by atoms with Gasteiger partial charge in [0.2, 0.25) is 0 Å². The zero-order chi connectivity index (χ0) is 27.0. The summed E-state index contributed by atoms with van der Waals surface area (Å²) in [6.45, 7) is 0.360. The molecular weight excluding hydrogens is 510 g/mol. The summed E-state index contributed by atoms with van der Waals surface area (Å²) in [6, 6.07) is 36.4. The Morgan fingerprint density at radius 1 is 0.718 bits per heavy atom. The van der Waals surface area contributed by atoms with Gasteiger partial charge in [-0.15, -0.1) is 0 Å². The van der Waals surface area contributed by atoms with Gasteiger partial charge >= 0.3 is 5.97 Å². The van der Waals surface area contributed by atoms with Crippen LogP contribution < -0.4 is 9.47 Å². The van der Waals surface area contributed by atoms with Crippen LogP contribution in [0.4, 0.5) is 0 Å². The van der Waals surface area contributed by atoms with Crippen molar-refractivity contribution in [2.75, 3.05) is 0 Å². The summed E-state index contributed by atoms with van der Waals surface area (Å²) in [7, 11) is 0. The monoisotopic (exact) mass is 535 g/mol. The molecule has 0 unspecified atom stereocenters. The molecule has 5 nitrogen and oxygen atoms in total. The number of rotatable bonds is 10. The molecule has 0 amide bonds. The number of halogens is 1. The van der Waals surface area contributed by atoms with E-state index in [4.69, 9.17) is 21.1 Å². The predicted octanol–water partition coefficient (Wildman–Crippen LogP) is 7.85. The third-order valence-electron chi connectivity index (χ3n) is 6.21. The van der Waals surface area contributed by atoms with Gasteiger partial charge < -0.3 is 14.6 Å². The van der Waals surface area contributed by atoms with Gasteiger partial charge in [-0.3, -0.25) is 0 Å². The van der Waals surface area contributed by atoms with Crippen LogP contribution in [0.1, 0.15) is 32.7 Å². The van der Waals surface area contributed by atoms with Crippen molar-refractivity contribution in [1.29, 1.82) is 0 Å². The van der Waals surface area contributed by atoms with Crippen molar-refractivity contribution in [3.63, 3.8) is 0 Å². The van der Waals surface area contributed by atoms with Gasteiger partial charge in [0, 0.05) is 10.6 Å². The number of ether oxygens (including phenoxy) is 2. The van der Waals surface area contributed by atoms with Crippen molar-refractivity contribution in [2.24, 2.45) is 0 Å². The quantitative estimate of drug-likeness (QED) is 0.197. The van der Waals surface area contributed by atoms with Crippen molar-refractivity contribution in [2.45, 2.75) is 19.6 Å². The Kier molecular flexibility index (Phi) is 8.20. The molecule has 5 rings (SSSR count). The Balaban J connectivity index is 1.35. The minimum atomic E-state index is -1.07. The topological polar surface area (TPSA) is 68.7 Å². The average Bonchev–Trinajstić information content (AvgIpc) is 2.96. The van der Waals surface area contributed by atoms with E-state index in [2.05, 4.69) is 17.1 Å². The number of aromatic nitrogens is 1. The summed E-state index contributed by atoms with van der Waals surface area (Å²) >= 11 is 6.26. The van der Waals surface area contributed by atoms with Gasteiger partial charge in [-0.2, -0.15) is 0 Å². The number of hydrogen-bond acceptors (Lipinski definition) is 4. The lowest BCUT2D eigenvalue weighted by Crippen LogP contribution is -2.09. The smallest absolute Gasteiger partial charge is 0.337 e. The first kappa shape index (κ1) is 26.0. The Morgan fingerprint density at radius 2 is 1.38 bits per heavy atom. The Hall–Kier alpha value is -4.61. The maximum atomic E-state index is 11.9. The summed E-state index contributed by atoms with van der Waals surface area (Å²) in [5.41, 5.74) is 5.08. The van der Waals surface area contributed by atoms with E-state index in [0.717, 1.165) is 17.5 Å². The first-order valence-electron chi connectivity index (χ1n) is 12.5. The number of carboxylic acids is 1. The minimum absolute atomic E-state index is 0.00129. The fraction of sp³-hybridized carbons (Fsp3) is 0.0909. The van der Waals surface area contributed by atoms with Crippen LogP contribution in [-0.4, -0.2) is 16.1 Å². The van der Waals surface area contributed by atoms with Crippen LogP contribution in [0, 0.1) is 0 Å². The number of nitrogens with zero attached hydrogens (tertiary/aromatic N) is 1. The lowest BCUT2D eigenvalue weighted by Gasteiger charge is -2.14. The molecule has 0 aliphatic heterocycles. The SMILES string of the molecule is O=C(O)c1ccc(-c2ccc(Cl)cc2OCc2ccccc2)nc1COc1ccc(Cc2ccccc2)cc1. The second-order valence-corrected chi connectivity index (χ2v) is 9.44. The van der Waals surface area contributed by atoms with Crippen LogP contribution in [0.3, 0.4) is 0 Å². The van der Waals surface area contributed by atoms with Crippen molar-refractivity contribution in [3.05, 3.63) is 148 Å². The van der Waals surface area contributed by atoms with Crippen molar-refractivity contribution in [3.8, 4) is 22.8 Å². The molecular formula is C33H26ClNO4. The first-order valence-corrected chi connectivity index (χ1v) is 12.9. The van der Waals surface area contributed by atoms with Gasteiger partial charge in [-0.05, 0) is 65.6 Å². The van der Waals surface area contributed by atoms with Crippen LogP contribution in [0.15, 0.2) is 115 Å². The molecule has 6 heteroatoms. The maximum absolute atomic E-state index is 11.9. The van der Waals surface area contributed by atoms with Crippen LogP contribution in [0.2, 0.25) is 5.02 Å². The van der Waals surface area contributed by atoms with Crippen LogP contribution in [0.25, 0.3) is 11.3 Å². The molecule has 1 heterocycles. The normalized spacial score (nSPS) is 10.7. The van der Waals surface area contributed by atoms with Crippen molar-refractivity contribution >= 4 is 17.6 Å². The summed E-state index contributed by atoms with van der Waals surface area (Å²) in [6.07, 6.45) is 0.823. The molecule has 39 heavy (non-hydrogen) atoms. The molecule has 1 N–H and O–H groups in total. The molecule has 0 fully saturated rings. The van der Waals surface area contributed by atoms with Gasteiger partial charge in [0.15, 0.2) is 0 Å². The van der Waals surface area contributed by atoms with Crippen molar-refractivity contribution in [1.82, 2.24) is 4.98 Å². The molecule has 0 aliphatic rings. The highest BCUT2D eigenvalue weighted by atomic mass is 35.5. The second-order valence-electron chi connectivity index (χ2n) is 9.01. The third-order valence-corrected chi connectivity index (χ3v) is 6.45. The Morgan fingerprint density at radius 3 is 2.08 bits per heavy atom. The largest absolute Gasteiger partial charge is 0.488 e. The Labute approximate surface area is 232 Å². The van der Waals surface area contributed by atoms with E-state index in [1.165, 1.54) is 5.56 Å². The van der Waals surface area contributed by atoms with Gasteiger partial charge in [0.1, 0.15) is 24.7 Å². The fourth-order valence-corrected chi connectivity index (χ4v) is 4.37. The van der Waals surface area contributed by atoms with Gasteiger partial charge in [-0.1, -0.05) is 84.4 Å². The number of carboxylic acid groups (broad SMARTS) is 1. The second kappa shape index (κ2) is 12.3. The Bertz CT molecular complexity index is 1550. The summed E-state index contributed by atoms with van der Waals surface area (Å²) in [5, 5.41) is 10.3. The number of carbonyl (C=O) groups is 1. The highest BCUT2D eigenvalue weighted by Gasteiger charge is 2.17. The number of aromatic carboxylic acids is 1. The lowest BCUT2D eigenvalue weighted by molar-refractivity contribution is 0.0693. The maximum Gasteiger partial charge on any atom is 0.337 e. The standard InChI is InChI=1S/C33H26ClNO4/c34-26-13-16-28(32(20-26)39-21-25-9-5-2-6-10-25)30-18-17-29(33(36)37)31(35-30)22-38-27-14-11-24(12-15-27)19-23-7-3-1-4-8-23/h1-18,20H,19,21-22H2,(H,36,37). The van der Waals surface area contributed by atoms with E-state index in [0.29, 0.717) is 40.1 Å². The van der Waals surface area contributed by atoms with E-state index in [1.807, 2.05) is 78.9 Å². The molecule has 194 valence electrons. The predicted molar refractivity (Wildman–Crippen MR) is 152 cm³/mol. The van der Waals surface area contributed by atoms with E-state index < -0.39 is 5.97 Å². The summed E-state index contributed by atoms with van der Waals surface area (Å²) in [5.74, 6) is 0.124. The van der Waals surface area contributed by atoms with Gasteiger partial charge in [0.25, 0.3) is 0 Å². The zero-order valence-electron chi connectivity index (χ0n) is 21.1. The van der Waals surface area contributed by atoms with Gasteiger partial charge in [0.05, 0.1) is 17.0 Å². The number of pyridine rings is 1. The van der Waals surface area contributed by atoms with Crippen LogP contribution in [-0.2, 0) is 19.6 Å². The van der Waals surface area contributed by atoms with Crippen LogP contribution in [0.5, 0.6) is 11.5 Å². The summed E-state index contributed by atoms with van der Waals surface area (Å²) < 4.78 is 12.0. The number of benzene rings is 4. The fourth-order valence-electron chi connectivity index (χ4n) is 4.21. The van der Waals surface area contributed by atoms with Gasteiger partial charge in [-0.25, -0.2) is 9.78 Å². The van der Waals surface area contributed by atoms with E-state index in [9.17, 15) is 9.90 Å².